The van der Waals surface area contributed by atoms with Gasteiger partial charge in [0, 0.05) is 12.8 Å². The third kappa shape index (κ3) is 42.6. The molecular formula is C46H92NO8P. The highest BCUT2D eigenvalue weighted by molar-refractivity contribution is 7.45. The van der Waals surface area contributed by atoms with Gasteiger partial charge in [0.1, 0.15) is 19.8 Å². The number of phosphoric ester groups is 1. The van der Waals surface area contributed by atoms with Gasteiger partial charge in [0.2, 0.25) is 0 Å². The largest absolute Gasteiger partial charge is 0.756 e. The quantitative estimate of drug-likeness (QED) is 0.0259. The minimum atomic E-state index is -4.62. The SMILES string of the molecule is CCCCCCCCCCCCCCCCCCCCCC(=O)O[C@H](COC(=O)CCCCCCCCCCCCCCC)COP(=O)([O-])OCC[N+](C)(C)C. The van der Waals surface area contributed by atoms with E-state index in [9.17, 15) is 19.0 Å². The minimum absolute atomic E-state index is 0.0256. The fourth-order valence-electron chi connectivity index (χ4n) is 6.89. The maximum Gasteiger partial charge on any atom is 0.306 e. The van der Waals surface area contributed by atoms with Crippen molar-refractivity contribution >= 4 is 19.8 Å². The van der Waals surface area contributed by atoms with Gasteiger partial charge in [0.15, 0.2) is 6.10 Å². The number of phosphoric acid groups is 1. The van der Waals surface area contributed by atoms with Gasteiger partial charge in [0.05, 0.1) is 27.7 Å². The van der Waals surface area contributed by atoms with Crippen LogP contribution in [0.2, 0.25) is 0 Å². The van der Waals surface area contributed by atoms with E-state index in [4.69, 9.17) is 18.5 Å². The molecule has 2 atom stereocenters. The van der Waals surface area contributed by atoms with Gasteiger partial charge in [-0.05, 0) is 12.8 Å². The molecule has 0 bridgehead atoms. The van der Waals surface area contributed by atoms with E-state index < -0.39 is 26.5 Å². The molecule has 0 aliphatic carbocycles. The van der Waals surface area contributed by atoms with E-state index in [-0.39, 0.29) is 32.0 Å². The van der Waals surface area contributed by atoms with Crippen LogP contribution in [0.4, 0.5) is 0 Å². The van der Waals surface area contributed by atoms with Crippen LogP contribution in [0.15, 0.2) is 0 Å². The Morgan fingerprint density at radius 2 is 0.804 bits per heavy atom. The molecule has 10 heteroatoms. The van der Waals surface area contributed by atoms with Crippen LogP contribution in [0.3, 0.4) is 0 Å². The maximum absolute atomic E-state index is 12.7. The number of quaternary nitrogens is 1. The van der Waals surface area contributed by atoms with Crippen LogP contribution in [-0.4, -0.2) is 70.0 Å². The van der Waals surface area contributed by atoms with Crippen molar-refractivity contribution in [1.29, 1.82) is 0 Å². The molecule has 0 heterocycles. The third-order valence-electron chi connectivity index (χ3n) is 10.6. The van der Waals surface area contributed by atoms with Gasteiger partial charge < -0.3 is 27.9 Å². The number of esters is 2. The fourth-order valence-corrected chi connectivity index (χ4v) is 7.62. The molecule has 0 radical (unpaired) electrons. The number of nitrogens with zero attached hydrogens (tertiary/aromatic N) is 1. The number of likely N-dealkylation sites (N-methyl/N-ethyl adjacent to an activating group) is 1. The molecule has 0 fully saturated rings. The summed E-state index contributed by atoms with van der Waals surface area (Å²) in [6.07, 6.45) is 39.8. The average Bonchev–Trinajstić information content (AvgIpc) is 3.15. The Balaban J connectivity index is 4.24. The van der Waals surface area contributed by atoms with Crippen molar-refractivity contribution in [2.75, 3.05) is 47.5 Å². The van der Waals surface area contributed by atoms with Gasteiger partial charge in [-0.2, -0.15) is 0 Å². The lowest BCUT2D eigenvalue weighted by atomic mass is 10.0. The van der Waals surface area contributed by atoms with E-state index in [1.165, 1.54) is 167 Å². The molecular weight excluding hydrogens is 725 g/mol. The van der Waals surface area contributed by atoms with Gasteiger partial charge in [-0.3, -0.25) is 14.2 Å². The van der Waals surface area contributed by atoms with Crippen LogP contribution in [0.1, 0.15) is 232 Å². The lowest BCUT2D eigenvalue weighted by Crippen LogP contribution is -2.37. The number of ether oxygens (including phenoxy) is 2. The normalized spacial score (nSPS) is 13.5. The highest BCUT2D eigenvalue weighted by Crippen LogP contribution is 2.38. The second kappa shape index (κ2) is 39.5. The topological polar surface area (TPSA) is 111 Å². The van der Waals surface area contributed by atoms with Crippen molar-refractivity contribution in [3.63, 3.8) is 0 Å². The van der Waals surface area contributed by atoms with Gasteiger partial charge in [-0.25, -0.2) is 0 Å². The minimum Gasteiger partial charge on any atom is -0.756 e. The summed E-state index contributed by atoms with van der Waals surface area (Å²) < 4.78 is 34.0. The van der Waals surface area contributed by atoms with Crippen LogP contribution in [0.25, 0.3) is 0 Å². The zero-order valence-corrected chi connectivity index (χ0v) is 38.5. The fraction of sp³-hybridized carbons (Fsp3) is 0.957. The van der Waals surface area contributed by atoms with Crippen molar-refractivity contribution < 1.29 is 42.1 Å². The summed E-state index contributed by atoms with van der Waals surface area (Å²) in [5.74, 6) is -0.817. The van der Waals surface area contributed by atoms with Crippen LogP contribution < -0.4 is 4.89 Å². The lowest BCUT2D eigenvalue weighted by Gasteiger charge is -2.28. The maximum atomic E-state index is 12.7. The Labute approximate surface area is 346 Å². The second-order valence-electron chi connectivity index (χ2n) is 17.5. The summed E-state index contributed by atoms with van der Waals surface area (Å²) in [6.45, 7) is 4.27. The third-order valence-corrected chi connectivity index (χ3v) is 11.6. The van der Waals surface area contributed by atoms with Crippen LogP contribution >= 0.6 is 7.82 Å². The Hall–Kier alpha value is -0.990. The molecule has 0 aromatic heterocycles. The van der Waals surface area contributed by atoms with Crippen molar-refractivity contribution in [3.8, 4) is 0 Å². The molecule has 0 rings (SSSR count). The highest BCUT2D eigenvalue weighted by atomic mass is 31.2. The monoisotopic (exact) mass is 818 g/mol. The summed E-state index contributed by atoms with van der Waals surface area (Å²) in [5, 5.41) is 0. The first kappa shape index (κ1) is 55.0. The molecule has 0 aliphatic rings. The van der Waals surface area contributed by atoms with Gasteiger partial charge in [-0.15, -0.1) is 0 Å². The Morgan fingerprint density at radius 3 is 1.14 bits per heavy atom. The number of hydrogen-bond acceptors (Lipinski definition) is 8. The highest BCUT2D eigenvalue weighted by Gasteiger charge is 2.21. The molecule has 0 aromatic rings. The van der Waals surface area contributed by atoms with Crippen molar-refractivity contribution in [3.05, 3.63) is 0 Å². The first-order valence-corrected chi connectivity index (χ1v) is 25.2. The predicted molar refractivity (Wildman–Crippen MR) is 232 cm³/mol. The molecule has 56 heavy (non-hydrogen) atoms. The zero-order chi connectivity index (χ0) is 41.4. The van der Waals surface area contributed by atoms with Gasteiger partial charge in [0.25, 0.3) is 7.82 Å². The Morgan fingerprint density at radius 1 is 0.482 bits per heavy atom. The molecule has 0 saturated heterocycles. The summed E-state index contributed by atoms with van der Waals surface area (Å²) in [5.41, 5.74) is 0. The Bertz CT molecular complexity index is 927. The second-order valence-corrected chi connectivity index (χ2v) is 18.9. The number of carbonyl (C=O) groups excluding carboxylic acids is 2. The lowest BCUT2D eigenvalue weighted by molar-refractivity contribution is -0.870. The standard InChI is InChI=1S/C46H92NO8P/c1-6-8-10-12-14-16-18-20-21-22-23-24-25-27-29-31-33-35-37-39-46(49)55-44(43-54-56(50,51)53-41-40-47(3,4)5)42-52-45(48)38-36-34-32-30-28-26-19-17-15-13-11-9-7-2/h44H,6-43H2,1-5H3/t44-/m1/s1. The number of hydrogen-bond donors (Lipinski definition) is 0. The van der Waals surface area contributed by atoms with Crippen molar-refractivity contribution in [1.82, 2.24) is 0 Å². The summed E-state index contributed by atoms with van der Waals surface area (Å²) in [6, 6.07) is 0. The summed E-state index contributed by atoms with van der Waals surface area (Å²) >= 11 is 0. The van der Waals surface area contributed by atoms with Crippen LogP contribution in [0.5, 0.6) is 0 Å². The smallest absolute Gasteiger partial charge is 0.306 e. The number of rotatable bonds is 44. The molecule has 0 amide bonds. The zero-order valence-electron chi connectivity index (χ0n) is 37.6. The molecule has 0 saturated carbocycles. The number of unbranched alkanes of at least 4 members (excludes halogenated alkanes) is 30. The number of carbonyl (C=O) groups is 2. The van der Waals surface area contributed by atoms with Crippen LogP contribution in [0, 0.1) is 0 Å². The van der Waals surface area contributed by atoms with E-state index in [1.54, 1.807) is 0 Å². The average molecular weight is 818 g/mol. The molecule has 1 unspecified atom stereocenters. The molecule has 0 spiro atoms. The first-order valence-electron chi connectivity index (χ1n) is 23.7. The van der Waals surface area contributed by atoms with Gasteiger partial charge in [-0.1, -0.05) is 206 Å². The van der Waals surface area contributed by atoms with Crippen molar-refractivity contribution in [2.24, 2.45) is 0 Å². The summed E-state index contributed by atoms with van der Waals surface area (Å²) in [4.78, 5) is 37.6. The van der Waals surface area contributed by atoms with Gasteiger partial charge >= 0.3 is 11.9 Å². The van der Waals surface area contributed by atoms with Crippen molar-refractivity contribution in [2.45, 2.75) is 238 Å². The van der Waals surface area contributed by atoms with Crippen LogP contribution in [-0.2, 0) is 32.7 Å². The predicted octanol–water partition coefficient (Wildman–Crippen LogP) is 13.0. The Kier molecular flexibility index (Phi) is 38.8. The molecule has 9 nitrogen and oxygen atoms in total. The molecule has 0 N–H and O–H groups in total. The van der Waals surface area contributed by atoms with E-state index in [2.05, 4.69) is 13.8 Å². The molecule has 0 aromatic carbocycles. The molecule has 334 valence electrons. The summed E-state index contributed by atoms with van der Waals surface area (Å²) in [7, 11) is 1.18. The first-order chi connectivity index (χ1) is 27.0. The van der Waals surface area contributed by atoms with E-state index in [0.717, 1.165) is 32.1 Å². The van der Waals surface area contributed by atoms with E-state index in [0.29, 0.717) is 17.4 Å². The van der Waals surface area contributed by atoms with E-state index >= 15 is 0 Å². The van der Waals surface area contributed by atoms with E-state index in [1.807, 2.05) is 21.1 Å². The molecule has 0 aliphatic heterocycles.